The van der Waals surface area contributed by atoms with Crippen molar-refractivity contribution in [1.29, 1.82) is 0 Å². The molecule has 150 valence electrons. The second-order valence-electron chi connectivity index (χ2n) is 7.57. The maximum Gasteiger partial charge on any atom is 0.141 e. The number of hydrogen-bond donors (Lipinski definition) is 2. The van der Waals surface area contributed by atoms with E-state index in [1.165, 1.54) is 5.56 Å². The van der Waals surface area contributed by atoms with E-state index in [-0.39, 0.29) is 6.17 Å². The van der Waals surface area contributed by atoms with Crippen LogP contribution in [0.5, 0.6) is 0 Å². The van der Waals surface area contributed by atoms with Gasteiger partial charge in [-0.25, -0.2) is 0 Å². The fourth-order valence-electron chi connectivity index (χ4n) is 4.08. The van der Waals surface area contributed by atoms with Crippen molar-refractivity contribution < 1.29 is 4.52 Å². The Morgan fingerprint density at radius 2 is 1.87 bits per heavy atom. The lowest BCUT2D eigenvalue weighted by Gasteiger charge is -2.25. The zero-order valence-electron chi connectivity index (χ0n) is 17.1. The van der Waals surface area contributed by atoms with Gasteiger partial charge in [-0.2, -0.15) is 0 Å². The summed E-state index contributed by atoms with van der Waals surface area (Å²) in [4.78, 5) is 2.24. The van der Waals surface area contributed by atoms with Gasteiger partial charge in [0.15, 0.2) is 0 Å². The zero-order chi connectivity index (χ0) is 20.5. The van der Waals surface area contributed by atoms with Crippen LogP contribution in [-0.4, -0.2) is 16.2 Å². The van der Waals surface area contributed by atoms with Gasteiger partial charge >= 0.3 is 0 Å². The Morgan fingerprint density at radius 3 is 2.67 bits per heavy atom. The molecule has 0 bridgehead atoms. The summed E-state index contributed by atoms with van der Waals surface area (Å²) in [5.74, 6) is 1.91. The van der Waals surface area contributed by atoms with Crippen molar-refractivity contribution in [2.24, 2.45) is 0 Å². The van der Waals surface area contributed by atoms with Gasteiger partial charge in [-0.15, -0.1) is 0 Å². The number of aryl methyl sites for hydroxylation is 2. The molecule has 5 rings (SSSR count). The average Bonchev–Trinajstić information content (AvgIpc) is 3.32. The first kappa shape index (κ1) is 18.3. The molecular formula is C25H24N4O. The van der Waals surface area contributed by atoms with Crippen LogP contribution in [0.3, 0.4) is 0 Å². The molecule has 0 saturated carbocycles. The van der Waals surface area contributed by atoms with E-state index in [0.717, 1.165) is 46.2 Å². The van der Waals surface area contributed by atoms with E-state index in [9.17, 15) is 0 Å². The molecule has 0 amide bonds. The summed E-state index contributed by atoms with van der Waals surface area (Å²) < 4.78 is 5.38. The van der Waals surface area contributed by atoms with Crippen LogP contribution in [0.15, 0.2) is 89.4 Å². The van der Waals surface area contributed by atoms with Crippen molar-refractivity contribution in [1.82, 2.24) is 20.7 Å². The Morgan fingerprint density at radius 1 is 1.03 bits per heavy atom. The highest BCUT2D eigenvalue weighted by Crippen LogP contribution is 2.33. The fourth-order valence-corrected chi connectivity index (χ4v) is 4.08. The highest BCUT2D eigenvalue weighted by molar-refractivity contribution is 5.76. The number of aromatic nitrogens is 1. The molecule has 0 radical (unpaired) electrons. The highest BCUT2D eigenvalue weighted by atomic mass is 16.5. The number of hydrogen-bond acceptors (Lipinski definition) is 5. The van der Waals surface area contributed by atoms with Crippen LogP contribution in [0.1, 0.15) is 22.6 Å². The quantitative estimate of drug-likeness (QED) is 0.655. The average molecular weight is 396 g/mol. The first-order valence-electron chi connectivity index (χ1n) is 10.2. The number of benzene rings is 2. The molecule has 1 unspecified atom stereocenters. The minimum Gasteiger partial charge on any atom is -0.366 e. The summed E-state index contributed by atoms with van der Waals surface area (Å²) in [5.41, 5.74) is 6.53. The lowest BCUT2D eigenvalue weighted by atomic mass is 10.0. The highest BCUT2D eigenvalue weighted by Gasteiger charge is 2.30. The van der Waals surface area contributed by atoms with Crippen LogP contribution in [0.4, 0.5) is 0 Å². The van der Waals surface area contributed by atoms with Gasteiger partial charge in [0.05, 0.1) is 11.4 Å². The Kier molecular flexibility index (Phi) is 4.64. The van der Waals surface area contributed by atoms with E-state index in [1.807, 2.05) is 19.9 Å². The predicted octanol–water partition coefficient (Wildman–Crippen LogP) is 4.69. The van der Waals surface area contributed by atoms with Gasteiger partial charge in [-0.05, 0) is 43.2 Å². The van der Waals surface area contributed by atoms with Gasteiger partial charge in [0.1, 0.15) is 17.7 Å². The molecule has 2 aliphatic rings. The molecule has 5 nitrogen and oxygen atoms in total. The van der Waals surface area contributed by atoms with Crippen molar-refractivity contribution in [2.75, 3.05) is 0 Å². The molecule has 30 heavy (non-hydrogen) atoms. The van der Waals surface area contributed by atoms with Gasteiger partial charge in [0.2, 0.25) is 0 Å². The molecule has 3 heterocycles. The van der Waals surface area contributed by atoms with Gasteiger partial charge in [-0.3, -0.25) is 0 Å². The summed E-state index contributed by atoms with van der Waals surface area (Å²) in [5, 5.41) is 11.4. The molecule has 0 fully saturated rings. The van der Waals surface area contributed by atoms with Gasteiger partial charge in [-0.1, -0.05) is 59.8 Å². The van der Waals surface area contributed by atoms with E-state index in [1.54, 1.807) is 0 Å². The molecule has 0 saturated heterocycles. The van der Waals surface area contributed by atoms with Crippen LogP contribution in [0.25, 0.3) is 16.8 Å². The molecule has 0 spiro atoms. The normalized spacial score (nSPS) is 17.3. The summed E-state index contributed by atoms with van der Waals surface area (Å²) in [6, 6.07) is 19.0. The second-order valence-corrected chi connectivity index (χ2v) is 7.57. The molecule has 5 heteroatoms. The third kappa shape index (κ3) is 3.28. The third-order valence-corrected chi connectivity index (χ3v) is 5.51. The molecule has 2 N–H and O–H groups in total. The molecule has 1 aromatic heterocycles. The van der Waals surface area contributed by atoms with Crippen molar-refractivity contribution in [3.63, 3.8) is 0 Å². The number of nitrogens with zero attached hydrogens (tertiary/aromatic N) is 2. The van der Waals surface area contributed by atoms with Crippen LogP contribution < -0.4 is 10.6 Å². The number of allylic oxidation sites excluding steroid dienone is 2. The zero-order valence-corrected chi connectivity index (χ0v) is 17.1. The Balaban J connectivity index is 1.53. The van der Waals surface area contributed by atoms with Gasteiger partial charge in [0.25, 0.3) is 0 Å². The minimum absolute atomic E-state index is 0.103. The maximum absolute atomic E-state index is 5.38. The fraction of sp³-hybridized carbons (Fsp3) is 0.160. The molecule has 0 aliphatic carbocycles. The van der Waals surface area contributed by atoms with Crippen LogP contribution in [-0.2, 0) is 6.54 Å². The van der Waals surface area contributed by atoms with Crippen molar-refractivity contribution in [3.8, 4) is 11.1 Å². The van der Waals surface area contributed by atoms with Gasteiger partial charge in [0, 0.05) is 23.9 Å². The summed E-state index contributed by atoms with van der Waals surface area (Å²) in [6.07, 6.45) is 8.51. The lowest BCUT2D eigenvalue weighted by molar-refractivity contribution is 0.376. The van der Waals surface area contributed by atoms with Crippen molar-refractivity contribution in [3.05, 3.63) is 107 Å². The number of fused-ring (bicyclic) bond motifs is 1. The second kappa shape index (κ2) is 7.59. The molecule has 2 aromatic carbocycles. The smallest absolute Gasteiger partial charge is 0.141 e. The van der Waals surface area contributed by atoms with E-state index < -0.39 is 0 Å². The predicted molar refractivity (Wildman–Crippen MR) is 119 cm³/mol. The summed E-state index contributed by atoms with van der Waals surface area (Å²) in [6.45, 7) is 4.69. The minimum atomic E-state index is 0.103. The topological polar surface area (TPSA) is 53.3 Å². The molecular weight excluding hydrogens is 372 g/mol. The van der Waals surface area contributed by atoms with Crippen LogP contribution >= 0.6 is 0 Å². The maximum atomic E-state index is 5.38. The lowest BCUT2D eigenvalue weighted by Crippen LogP contribution is -2.35. The molecule has 3 aromatic rings. The van der Waals surface area contributed by atoms with E-state index in [4.69, 9.17) is 4.52 Å². The first-order chi connectivity index (χ1) is 14.7. The van der Waals surface area contributed by atoms with Crippen LogP contribution in [0, 0.1) is 13.8 Å². The van der Waals surface area contributed by atoms with Gasteiger partial charge < -0.3 is 20.1 Å². The Bertz CT molecular complexity index is 1140. The Hall–Kier alpha value is -3.73. The largest absolute Gasteiger partial charge is 0.366 e. The summed E-state index contributed by atoms with van der Waals surface area (Å²) >= 11 is 0. The van der Waals surface area contributed by atoms with Crippen LogP contribution in [0.2, 0.25) is 0 Å². The summed E-state index contributed by atoms with van der Waals surface area (Å²) in [7, 11) is 0. The first-order valence-corrected chi connectivity index (χ1v) is 10.2. The van der Waals surface area contributed by atoms with E-state index in [0.29, 0.717) is 0 Å². The van der Waals surface area contributed by atoms with E-state index >= 15 is 0 Å². The van der Waals surface area contributed by atoms with E-state index in [2.05, 4.69) is 93.6 Å². The Labute approximate surface area is 176 Å². The standard InChI is InChI=1S/C25H24N4O/c1-17-23(18(2)30-28-17)20-11-8-12-21(15-20)24-25(26-16-19-9-4-3-5-10-19)29-14-7-6-13-22(29)27-24/h3-15,22,26-27H,16H2,1-2H3. The van der Waals surface area contributed by atoms with Crippen molar-refractivity contribution in [2.45, 2.75) is 26.6 Å². The number of nitrogens with one attached hydrogen (secondary N) is 2. The third-order valence-electron chi connectivity index (χ3n) is 5.51. The van der Waals surface area contributed by atoms with Crippen molar-refractivity contribution >= 4 is 5.70 Å². The SMILES string of the molecule is Cc1noc(C)c1-c1cccc(C2=C(NCc3ccccc3)N3C=CC=CC3N2)c1. The molecule has 1 atom stereocenters. The molecule has 2 aliphatic heterocycles. The monoisotopic (exact) mass is 396 g/mol. The number of rotatable bonds is 5.